The van der Waals surface area contributed by atoms with Crippen LogP contribution in [-0.4, -0.2) is 0 Å². The maximum atomic E-state index is 6.83. The van der Waals surface area contributed by atoms with E-state index in [0.29, 0.717) is 23.7 Å². The summed E-state index contributed by atoms with van der Waals surface area (Å²) in [6.07, 6.45) is 0. The van der Waals surface area contributed by atoms with Gasteiger partial charge in [0.25, 0.3) is 0 Å². The molecule has 11 rings (SSSR count). The van der Waals surface area contributed by atoms with Gasteiger partial charge in [0.2, 0.25) is 0 Å². The van der Waals surface area contributed by atoms with Crippen molar-refractivity contribution in [2.45, 2.75) is 79.1 Å². The Morgan fingerprint density at radius 2 is 0.652 bits per heavy atom. The summed E-state index contributed by atoms with van der Waals surface area (Å²) >= 11 is 0. The molecule has 0 bridgehead atoms. The molecule has 0 aliphatic carbocycles. The molecule has 0 amide bonds. The molecule has 0 fully saturated rings. The van der Waals surface area contributed by atoms with Crippen molar-refractivity contribution >= 4 is 99.5 Å². The second-order valence-corrected chi connectivity index (χ2v) is 19.4. The average Bonchev–Trinajstić information content (AvgIpc) is 3.88. The van der Waals surface area contributed by atoms with E-state index in [4.69, 9.17) is 8.83 Å². The number of anilines is 6. The summed E-state index contributed by atoms with van der Waals surface area (Å²) in [4.78, 5) is 4.74. The molecule has 0 unspecified atom stereocenters. The molecular weight excluding hydrogens is 805 g/mol. The Kier molecular flexibility index (Phi) is 10.2. The lowest BCUT2D eigenvalue weighted by molar-refractivity contribution is 0.634. The van der Waals surface area contributed by atoms with Crippen molar-refractivity contribution in [1.82, 2.24) is 0 Å². The Morgan fingerprint density at radius 1 is 0.288 bits per heavy atom. The van der Waals surface area contributed by atoms with Crippen LogP contribution in [0.2, 0.25) is 0 Å². The van der Waals surface area contributed by atoms with E-state index in [0.717, 1.165) is 99.5 Å². The molecule has 4 nitrogen and oxygen atoms in total. The van der Waals surface area contributed by atoms with Crippen molar-refractivity contribution in [3.8, 4) is 0 Å². The van der Waals surface area contributed by atoms with Gasteiger partial charge in [0.1, 0.15) is 11.2 Å². The van der Waals surface area contributed by atoms with Gasteiger partial charge in [-0.15, -0.1) is 0 Å². The van der Waals surface area contributed by atoms with E-state index in [9.17, 15) is 0 Å². The lowest BCUT2D eigenvalue weighted by Crippen LogP contribution is -2.10. The molecule has 2 aromatic heterocycles. The Bertz CT molecular complexity index is 3370. The van der Waals surface area contributed by atoms with Crippen LogP contribution in [0.1, 0.15) is 101 Å². The normalized spacial score (nSPS) is 12.2. The van der Waals surface area contributed by atoms with Crippen molar-refractivity contribution in [1.29, 1.82) is 0 Å². The fraction of sp³-hybridized carbons (Fsp3) is 0.194. The highest BCUT2D eigenvalue weighted by atomic mass is 16.4. The molecule has 4 heteroatoms. The van der Waals surface area contributed by atoms with Crippen LogP contribution in [0, 0.1) is 0 Å². The van der Waals surface area contributed by atoms with Gasteiger partial charge >= 0.3 is 0 Å². The number of benzene rings is 9. The first kappa shape index (κ1) is 41.4. The first-order chi connectivity index (χ1) is 32.0. The van der Waals surface area contributed by atoms with Gasteiger partial charge in [0.05, 0.1) is 0 Å². The summed E-state index contributed by atoms with van der Waals surface area (Å²) in [6.45, 7) is 18.0. The highest BCUT2D eigenvalue weighted by Gasteiger charge is 2.21. The molecule has 0 atom stereocenters. The lowest BCUT2D eigenvalue weighted by Gasteiger charge is -2.27. The van der Waals surface area contributed by atoms with Gasteiger partial charge < -0.3 is 18.6 Å². The average molecular weight is 861 g/mol. The predicted octanol–water partition coefficient (Wildman–Crippen LogP) is 19.2. The zero-order valence-corrected chi connectivity index (χ0v) is 39.2. The largest absolute Gasteiger partial charge is 0.452 e. The molecule has 0 aliphatic rings. The Morgan fingerprint density at radius 3 is 1.03 bits per heavy atom. The van der Waals surface area contributed by atoms with Gasteiger partial charge in [0.15, 0.2) is 11.2 Å². The van der Waals surface area contributed by atoms with Gasteiger partial charge in [-0.05, 0) is 177 Å². The number of hydrogen-bond donors (Lipinski definition) is 0. The molecule has 0 N–H and O–H groups in total. The molecular formula is C62H56N2O2. The smallest absolute Gasteiger partial charge is 0.178 e. The van der Waals surface area contributed by atoms with Crippen LogP contribution in [0.5, 0.6) is 0 Å². The summed E-state index contributed by atoms with van der Waals surface area (Å²) in [5.41, 5.74) is 15.3. The van der Waals surface area contributed by atoms with Crippen LogP contribution in [-0.2, 0) is 0 Å². The third-order valence-electron chi connectivity index (χ3n) is 13.7. The molecule has 9 aromatic carbocycles. The summed E-state index contributed by atoms with van der Waals surface area (Å²) in [5, 5.41) is 8.81. The summed E-state index contributed by atoms with van der Waals surface area (Å²) in [7, 11) is 0. The second-order valence-electron chi connectivity index (χ2n) is 19.4. The Labute approximate surface area is 387 Å². The number of hydrogen-bond acceptors (Lipinski definition) is 4. The minimum Gasteiger partial charge on any atom is -0.452 e. The molecule has 66 heavy (non-hydrogen) atoms. The molecule has 0 saturated carbocycles. The predicted molar refractivity (Wildman–Crippen MR) is 282 cm³/mol. The lowest BCUT2D eigenvalue weighted by atomic mass is 10.00. The standard InChI is InChI=1S/C62H56N2O2/c1-37(2)41-15-21-49(22-16-41)63(51-13-9-11-43(29-51)39(5)6)53-25-19-45-33-57-55-27-28-56-58-34-46-20-26-54(32-48(46)36-60(58)66-62(56)61(55)65-59(57)35-47(45)31-53)64(50-23-17-42(18-24-50)38(3)4)52-14-10-12-44(30-52)40(7)8/h9-40H,1-8H3. The molecule has 2 heterocycles. The van der Waals surface area contributed by atoms with Gasteiger partial charge in [-0.1, -0.05) is 116 Å². The minimum atomic E-state index is 0.422. The van der Waals surface area contributed by atoms with E-state index in [1.54, 1.807) is 0 Å². The van der Waals surface area contributed by atoms with Crippen molar-refractivity contribution < 1.29 is 8.83 Å². The van der Waals surface area contributed by atoms with Crippen LogP contribution in [0.4, 0.5) is 34.1 Å². The third kappa shape index (κ3) is 7.26. The van der Waals surface area contributed by atoms with Crippen LogP contribution in [0.25, 0.3) is 65.4 Å². The second kappa shape index (κ2) is 16.3. The van der Waals surface area contributed by atoms with Crippen LogP contribution >= 0.6 is 0 Å². The summed E-state index contributed by atoms with van der Waals surface area (Å²) in [5.74, 6) is 1.77. The highest BCUT2D eigenvalue weighted by molar-refractivity contribution is 6.21. The minimum absolute atomic E-state index is 0.422. The maximum Gasteiger partial charge on any atom is 0.178 e. The van der Waals surface area contributed by atoms with E-state index in [-0.39, 0.29) is 0 Å². The fourth-order valence-electron chi connectivity index (χ4n) is 9.76. The summed E-state index contributed by atoms with van der Waals surface area (Å²) in [6, 6.07) is 62.8. The monoisotopic (exact) mass is 860 g/mol. The van der Waals surface area contributed by atoms with E-state index in [1.165, 1.54) is 22.3 Å². The number of nitrogens with zero attached hydrogens (tertiary/aromatic N) is 2. The zero-order chi connectivity index (χ0) is 45.4. The Hall–Kier alpha value is -7.30. The van der Waals surface area contributed by atoms with Crippen molar-refractivity contribution in [3.63, 3.8) is 0 Å². The van der Waals surface area contributed by atoms with Gasteiger partial charge in [-0.25, -0.2) is 0 Å². The maximum absolute atomic E-state index is 6.83. The molecule has 0 spiro atoms. The zero-order valence-electron chi connectivity index (χ0n) is 39.2. The molecule has 11 aromatic rings. The fourth-order valence-corrected chi connectivity index (χ4v) is 9.76. The Balaban J connectivity index is 1.01. The summed E-state index contributed by atoms with van der Waals surface area (Å²) < 4.78 is 13.7. The van der Waals surface area contributed by atoms with Gasteiger partial charge in [-0.3, -0.25) is 0 Å². The van der Waals surface area contributed by atoms with Gasteiger partial charge in [0, 0.05) is 55.7 Å². The van der Waals surface area contributed by atoms with E-state index in [1.807, 2.05) is 0 Å². The molecule has 0 radical (unpaired) electrons. The number of fused-ring (bicyclic) bond motifs is 9. The molecule has 0 saturated heterocycles. The van der Waals surface area contributed by atoms with E-state index >= 15 is 0 Å². The van der Waals surface area contributed by atoms with E-state index in [2.05, 4.69) is 235 Å². The third-order valence-corrected chi connectivity index (χ3v) is 13.7. The van der Waals surface area contributed by atoms with Crippen molar-refractivity contribution in [2.24, 2.45) is 0 Å². The van der Waals surface area contributed by atoms with Crippen molar-refractivity contribution in [3.05, 3.63) is 192 Å². The first-order valence-corrected chi connectivity index (χ1v) is 23.7. The topological polar surface area (TPSA) is 32.8 Å². The highest BCUT2D eigenvalue weighted by Crippen LogP contribution is 2.44. The first-order valence-electron chi connectivity index (χ1n) is 23.7. The van der Waals surface area contributed by atoms with Crippen LogP contribution in [0.3, 0.4) is 0 Å². The quantitative estimate of drug-likeness (QED) is 0.137. The number of furan rings is 2. The van der Waals surface area contributed by atoms with E-state index < -0.39 is 0 Å². The SMILES string of the molecule is CC(C)c1ccc(N(c2cccc(C(C)C)c2)c2ccc3cc4c(cc3c2)oc2c4ccc3c4cc5ccc(N(c6ccc(C(C)C)cc6)c6cccc(C(C)C)c6)cc5cc4oc32)cc1. The molecule has 326 valence electrons. The van der Waals surface area contributed by atoms with Gasteiger partial charge in [-0.2, -0.15) is 0 Å². The van der Waals surface area contributed by atoms with Crippen molar-refractivity contribution in [2.75, 3.05) is 9.80 Å². The van der Waals surface area contributed by atoms with Crippen LogP contribution in [0.15, 0.2) is 179 Å². The number of rotatable bonds is 10. The molecule has 0 aliphatic heterocycles. The van der Waals surface area contributed by atoms with Crippen LogP contribution < -0.4 is 9.80 Å².